The Kier molecular flexibility index (Phi) is 4.72. The standard InChI is InChI=1S/C25H28N4/c1-2-22-9-5-6-14-28(22)17-23-25(27-24-13-12-21(26)16-29(23)24)20-11-10-18-7-3-4-8-19(18)15-20/h3-4,7-8,10-13,15-16,22H,2,5-6,9,14,17,26H2,1H3. The van der Waals surface area contributed by atoms with Crippen molar-refractivity contribution in [2.75, 3.05) is 12.3 Å². The Labute approximate surface area is 172 Å². The van der Waals surface area contributed by atoms with E-state index in [0.29, 0.717) is 6.04 Å². The van der Waals surface area contributed by atoms with Gasteiger partial charge in [0.05, 0.1) is 11.4 Å². The van der Waals surface area contributed by atoms with Crippen LogP contribution in [0.1, 0.15) is 38.3 Å². The molecule has 29 heavy (non-hydrogen) atoms. The van der Waals surface area contributed by atoms with Crippen LogP contribution >= 0.6 is 0 Å². The molecule has 0 saturated carbocycles. The van der Waals surface area contributed by atoms with Crippen LogP contribution in [0, 0.1) is 0 Å². The Hall–Kier alpha value is -2.85. The van der Waals surface area contributed by atoms with Gasteiger partial charge in [-0.2, -0.15) is 0 Å². The maximum Gasteiger partial charge on any atom is 0.137 e. The van der Waals surface area contributed by atoms with Crippen LogP contribution in [0.3, 0.4) is 0 Å². The fraction of sp³-hybridized carbons (Fsp3) is 0.320. The average molecular weight is 385 g/mol. The number of imidazole rings is 1. The molecule has 2 N–H and O–H groups in total. The van der Waals surface area contributed by atoms with Crippen molar-refractivity contribution in [2.45, 2.75) is 45.2 Å². The fourth-order valence-electron chi connectivity index (χ4n) is 4.75. The monoisotopic (exact) mass is 384 g/mol. The van der Waals surface area contributed by atoms with Crippen LogP contribution in [0.25, 0.3) is 27.7 Å². The van der Waals surface area contributed by atoms with Crippen LogP contribution in [-0.2, 0) is 6.54 Å². The quantitative estimate of drug-likeness (QED) is 0.505. The SMILES string of the molecule is CCC1CCCCN1Cc1c(-c2ccc3ccccc3c2)nc2ccc(N)cn12. The lowest BCUT2D eigenvalue weighted by Crippen LogP contribution is -2.38. The van der Waals surface area contributed by atoms with E-state index >= 15 is 0 Å². The average Bonchev–Trinajstić information content (AvgIpc) is 3.11. The van der Waals surface area contributed by atoms with Crippen LogP contribution in [0.4, 0.5) is 5.69 Å². The van der Waals surface area contributed by atoms with Gasteiger partial charge in [-0.15, -0.1) is 0 Å². The summed E-state index contributed by atoms with van der Waals surface area (Å²) in [4.78, 5) is 7.67. The molecule has 2 aromatic heterocycles. The van der Waals surface area contributed by atoms with Gasteiger partial charge in [-0.25, -0.2) is 4.98 Å². The molecule has 0 radical (unpaired) electrons. The molecule has 1 fully saturated rings. The van der Waals surface area contributed by atoms with E-state index < -0.39 is 0 Å². The van der Waals surface area contributed by atoms with Gasteiger partial charge in [-0.3, -0.25) is 4.90 Å². The van der Waals surface area contributed by atoms with Gasteiger partial charge in [0.15, 0.2) is 0 Å². The highest BCUT2D eigenvalue weighted by Gasteiger charge is 2.24. The normalized spacial score (nSPS) is 17.9. The van der Waals surface area contributed by atoms with Crippen LogP contribution < -0.4 is 5.73 Å². The summed E-state index contributed by atoms with van der Waals surface area (Å²) in [5.74, 6) is 0. The summed E-state index contributed by atoms with van der Waals surface area (Å²) < 4.78 is 2.20. The number of rotatable bonds is 4. The lowest BCUT2D eigenvalue weighted by Gasteiger charge is -2.35. The summed E-state index contributed by atoms with van der Waals surface area (Å²) in [6.07, 6.45) is 7.13. The lowest BCUT2D eigenvalue weighted by atomic mass is 9.99. The third-order valence-corrected chi connectivity index (χ3v) is 6.34. The second-order valence-electron chi connectivity index (χ2n) is 8.19. The number of nitrogen functional groups attached to an aromatic ring is 1. The molecule has 1 aliphatic rings. The Bertz CT molecular complexity index is 1160. The highest BCUT2D eigenvalue weighted by molar-refractivity contribution is 5.87. The predicted octanol–water partition coefficient (Wildman–Crippen LogP) is 5.50. The van der Waals surface area contributed by atoms with E-state index in [1.165, 1.54) is 47.7 Å². The topological polar surface area (TPSA) is 46.6 Å². The Balaban J connectivity index is 1.64. The minimum atomic E-state index is 0.653. The van der Waals surface area contributed by atoms with E-state index in [2.05, 4.69) is 58.7 Å². The van der Waals surface area contributed by atoms with Gasteiger partial charge < -0.3 is 10.1 Å². The molecule has 0 amide bonds. The highest BCUT2D eigenvalue weighted by Crippen LogP contribution is 2.31. The van der Waals surface area contributed by atoms with Crippen molar-refractivity contribution in [1.82, 2.24) is 14.3 Å². The molecular weight excluding hydrogens is 356 g/mol. The molecule has 0 aliphatic carbocycles. The van der Waals surface area contributed by atoms with Gasteiger partial charge in [-0.1, -0.05) is 49.7 Å². The number of piperidine rings is 1. The molecule has 1 saturated heterocycles. The first kappa shape index (κ1) is 18.2. The van der Waals surface area contributed by atoms with Crippen LogP contribution in [0.15, 0.2) is 60.8 Å². The highest BCUT2D eigenvalue weighted by atomic mass is 15.2. The number of aromatic nitrogens is 2. The van der Waals surface area contributed by atoms with Crippen molar-refractivity contribution in [3.8, 4) is 11.3 Å². The van der Waals surface area contributed by atoms with Gasteiger partial charge in [0.25, 0.3) is 0 Å². The van der Waals surface area contributed by atoms with Crippen molar-refractivity contribution in [3.05, 3.63) is 66.5 Å². The molecule has 148 valence electrons. The van der Waals surface area contributed by atoms with Gasteiger partial charge >= 0.3 is 0 Å². The number of nitrogens with zero attached hydrogens (tertiary/aromatic N) is 3. The number of hydrogen-bond donors (Lipinski definition) is 1. The Morgan fingerprint density at radius 1 is 1.03 bits per heavy atom. The number of hydrogen-bond acceptors (Lipinski definition) is 3. The minimum absolute atomic E-state index is 0.653. The van der Waals surface area contributed by atoms with Crippen molar-refractivity contribution in [3.63, 3.8) is 0 Å². The van der Waals surface area contributed by atoms with Gasteiger partial charge in [-0.05, 0) is 54.8 Å². The molecule has 4 heteroatoms. The van der Waals surface area contributed by atoms with E-state index in [4.69, 9.17) is 10.7 Å². The summed E-state index contributed by atoms with van der Waals surface area (Å²) in [5.41, 5.74) is 11.4. The molecule has 0 bridgehead atoms. The van der Waals surface area contributed by atoms with Crippen molar-refractivity contribution in [2.24, 2.45) is 0 Å². The predicted molar refractivity (Wildman–Crippen MR) is 121 cm³/mol. The molecule has 4 nitrogen and oxygen atoms in total. The molecular formula is C25H28N4. The van der Waals surface area contributed by atoms with E-state index in [9.17, 15) is 0 Å². The second-order valence-corrected chi connectivity index (χ2v) is 8.19. The number of benzene rings is 2. The molecule has 1 atom stereocenters. The molecule has 4 aromatic rings. The van der Waals surface area contributed by atoms with E-state index in [0.717, 1.165) is 30.1 Å². The van der Waals surface area contributed by atoms with Crippen LogP contribution in [0.5, 0.6) is 0 Å². The fourth-order valence-corrected chi connectivity index (χ4v) is 4.75. The van der Waals surface area contributed by atoms with Crippen molar-refractivity contribution in [1.29, 1.82) is 0 Å². The zero-order valence-electron chi connectivity index (χ0n) is 17.0. The first-order valence-electron chi connectivity index (χ1n) is 10.7. The van der Waals surface area contributed by atoms with Gasteiger partial charge in [0.2, 0.25) is 0 Å². The smallest absolute Gasteiger partial charge is 0.137 e. The first-order valence-corrected chi connectivity index (χ1v) is 10.7. The van der Waals surface area contributed by atoms with E-state index in [1.54, 1.807) is 0 Å². The molecule has 3 heterocycles. The summed E-state index contributed by atoms with van der Waals surface area (Å²) in [5, 5.41) is 2.50. The van der Waals surface area contributed by atoms with E-state index in [-0.39, 0.29) is 0 Å². The molecule has 1 aliphatic heterocycles. The largest absolute Gasteiger partial charge is 0.398 e. The minimum Gasteiger partial charge on any atom is -0.398 e. The summed E-state index contributed by atoms with van der Waals surface area (Å²) in [6.45, 7) is 4.37. The Morgan fingerprint density at radius 2 is 1.90 bits per heavy atom. The number of anilines is 1. The van der Waals surface area contributed by atoms with E-state index in [1.807, 2.05) is 18.3 Å². The zero-order valence-corrected chi connectivity index (χ0v) is 17.0. The summed E-state index contributed by atoms with van der Waals surface area (Å²) in [7, 11) is 0. The number of fused-ring (bicyclic) bond motifs is 2. The maximum absolute atomic E-state index is 6.14. The zero-order chi connectivity index (χ0) is 19.8. The first-order chi connectivity index (χ1) is 14.2. The molecule has 0 spiro atoms. The van der Waals surface area contributed by atoms with Crippen molar-refractivity contribution >= 4 is 22.1 Å². The molecule has 1 unspecified atom stereocenters. The third kappa shape index (κ3) is 3.38. The molecule has 5 rings (SSSR count). The number of likely N-dealkylation sites (tertiary alicyclic amines) is 1. The van der Waals surface area contributed by atoms with Gasteiger partial charge in [0.1, 0.15) is 5.65 Å². The van der Waals surface area contributed by atoms with Crippen LogP contribution in [0.2, 0.25) is 0 Å². The second kappa shape index (κ2) is 7.53. The third-order valence-electron chi connectivity index (χ3n) is 6.34. The lowest BCUT2D eigenvalue weighted by molar-refractivity contribution is 0.134. The number of nitrogens with two attached hydrogens (primary N) is 1. The summed E-state index contributed by atoms with van der Waals surface area (Å²) >= 11 is 0. The maximum atomic E-state index is 6.14. The van der Waals surface area contributed by atoms with Crippen molar-refractivity contribution < 1.29 is 0 Å². The molecule has 2 aromatic carbocycles. The van der Waals surface area contributed by atoms with Crippen LogP contribution in [-0.4, -0.2) is 26.9 Å². The van der Waals surface area contributed by atoms with Gasteiger partial charge in [0, 0.05) is 30.0 Å². The Morgan fingerprint density at radius 3 is 2.76 bits per heavy atom. The summed E-state index contributed by atoms with van der Waals surface area (Å²) in [6, 6.07) is 19.8. The number of pyridine rings is 1.